The van der Waals surface area contributed by atoms with Gasteiger partial charge in [-0.05, 0) is 31.0 Å². The van der Waals surface area contributed by atoms with Crippen LogP contribution in [0.2, 0.25) is 0 Å². The lowest BCUT2D eigenvalue weighted by Gasteiger charge is -2.51. The second-order valence-electron chi connectivity index (χ2n) is 6.65. The largest absolute Gasteiger partial charge is 0.381 e. The van der Waals surface area contributed by atoms with Crippen LogP contribution in [0.4, 0.5) is 0 Å². The zero-order valence-corrected chi connectivity index (χ0v) is 13.3. The normalized spacial score (nSPS) is 24.0. The molecule has 0 bridgehead atoms. The van der Waals surface area contributed by atoms with Gasteiger partial charge in [0.25, 0.3) is 0 Å². The van der Waals surface area contributed by atoms with E-state index in [1.54, 1.807) is 0 Å². The Kier molecular flexibility index (Phi) is 3.72. The van der Waals surface area contributed by atoms with Gasteiger partial charge in [-0.2, -0.15) is 0 Å². The van der Waals surface area contributed by atoms with Gasteiger partial charge in [0, 0.05) is 36.2 Å². The quantitative estimate of drug-likeness (QED) is 0.934. The van der Waals surface area contributed by atoms with Gasteiger partial charge in [0.05, 0.1) is 11.6 Å². The summed E-state index contributed by atoms with van der Waals surface area (Å²) in [7, 11) is 1.81. The van der Waals surface area contributed by atoms with Crippen molar-refractivity contribution in [3.05, 3.63) is 41.6 Å². The van der Waals surface area contributed by atoms with Crippen molar-refractivity contribution in [1.29, 1.82) is 0 Å². The van der Waals surface area contributed by atoms with Crippen LogP contribution in [-0.4, -0.2) is 24.2 Å². The Morgan fingerprint density at radius 3 is 2.81 bits per heavy atom. The summed E-state index contributed by atoms with van der Waals surface area (Å²) in [5, 5.41) is 4.95. The molecule has 0 aliphatic heterocycles. The molecule has 1 aliphatic rings. The van der Waals surface area contributed by atoms with E-state index in [1.807, 2.05) is 13.2 Å². The Bertz CT molecular complexity index is 651. The number of rotatable bonds is 4. The number of aromatic nitrogens is 1. The predicted molar refractivity (Wildman–Crippen MR) is 86.3 cm³/mol. The third-order valence-corrected chi connectivity index (χ3v) is 4.93. The van der Waals surface area contributed by atoms with Crippen molar-refractivity contribution >= 4 is 10.9 Å². The van der Waals surface area contributed by atoms with Crippen LogP contribution in [-0.2, 0) is 11.3 Å². The molecule has 2 atom stereocenters. The smallest absolute Gasteiger partial charge is 0.0708 e. The highest BCUT2D eigenvalue weighted by molar-refractivity contribution is 5.82. The van der Waals surface area contributed by atoms with Crippen molar-refractivity contribution < 1.29 is 4.74 Å². The van der Waals surface area contributed by atoms with Gasteiger partial charge < -0.3 is 10.1 Å². The van der Waals surface area contributed by atoms with E-state index in [1.165, 1.54) is 10.9 Å². The van der Waals surface area contributed by atoms with E-state index in [4.69, 9.17) is 4.74 Å². The molecule has 0 saturated heterocycles. The molecule has 0 radical (unpaired) electrons. The average molecular weight is 284 g/mol. The number of aryl methyl sites for hydroxylation is 1. The zero-order chi connectivity index (χ0) is 15.0. The highest BCUT2D eigenvalue weighted by Crippen LogP contribution is 2.42. The summed E-state index contributed by atoms with van der Waals surface area (Å²) in [5.74, 6) is 0. The van der Waals surface area contributed by atoms with E-state index < -0.39 is 0 Å². The number of fused-ring (bicyclic) bond motifs is 1. The lowest BCUT2D eigenvalue weighted by molar-refractivity contribution is -0.0978. The lowest BCUT2D eigenvalue weighted by atomic mass is 9.64. The molecular weight excluding hydrogens is 260 g/mol. The van der Waals surface area contributed by atoms with Gasteiger partial charge in [-0.3, -0.25) is 4.98 Å². The Morgan fingerprint density at radius 1 is 1.33 bits per heavy atom. The molecule has 1 N–H and O–H groups in total. The van der Waals surface area contributed by atoms with E-state index in [2.05, 4.69) is 55.3 Å². The summed E-state index contributed by atoms with van der Waals surface area (Å²) in [6.45, 7) is 7.50. The molecule has 0 amide bonds. The number of nitrogens with zero attached hydrogens (tertiary/aromatic N) is 1. The molecular formula is C18H24N2O. The van der Waals surface area contributed by atoms with Crippen molar-refractivity contribution in [2.45, 2.75) is 45.9 Å². The van der Waals surface area contributed by atoms with Gasteiger partial charge in [0.15, 0.2) is 0 Å². The maximum absolute atomic E-state index is 5.52. The number of hydrogen-bond acceptors (Lipinski definition) is 3. The van der Waals surface area contributed by atoms with Gasteiger partial charge in [-0.15, -0.1) is 0 Å². The summed E-state index contributed by atoms with van der Waals surface area (Å²) < 4.78 is 5.52. The predicted octanol–water partition coefficient (Wildman–Crippen LogP) is 3.45. The molecule has 112 valence electrons. The Hall–Kier alpha value is -1.45. The molecule has 3 nitrogen and oxygen atoms in total. The molecule has 1 fully saturated rings. The van der Waals surface area contributed by atoms with E-state index in [0.29, 0.717) is 12.1 Å². The fourth-order valence-electron chi connectivity index (χ4n) is 3.41. The Labute approximate surface area is 126 Å². The van der Waals surface area contributed by atoms with E-state index in [9.17, 15) is 0 Å². The number of methoxy groups -OCH3 is 1. The molecule has 1 heterocycles. The summed E-state index contributed by atoms with van der Waals surface area (Å²) in [5.41, 5.74) is 3.69. The molecule has 2 aromatic rings. The number of ether oxygens (including phenoxy) is 1. The molecule has 1 aliphatic carbocycles. The first-order valence-electron chi connectivity index (χ1n) is 7.64. The van der Waals surface area contributed by atoms with Crippen LogP contribution < -0.4 is 5.32 Å². The maximum atomic E-state index is 5.52. The standard InChI is InChI=1S/C18H24N2O/c1-12-9-13(14-7-5-6-8-15(14)20-12)11-19-16-10-17(21-4)18(16,2)3/h5-9,16-17,19H,10-11H2,1-4H3. The second-order valence-corrected chi connectivity index (χ2v) is 6.65. The molecule has 3 heteroatoms. The summed E-state index contributed by atoms with van der Waals surface area (Å²) in [6.07, 6.45) is 1.46. The van der Waals surface area contributed by atoms with Crippen LogP contribution in [0.15, 0.2) is 30.3 Å². The van der Waals surface area contributed by atoms with E-state index in [-0.39, 0.29) is 5.41 Å². The number of benzene rings is 1. The van der Waals surface area contributed by atoms with Crippen LogP contribution in [0.3, 0.4) is 0 Å². The van der Waals surface area contributed by atoms with Crippen molar-refractivity contribution in [3.8, 4) is 0 Å². The lowest BCUT2D eigenvalue weighted by Crippen LogP contribution is -2.60. The van der Waals surface area contributed by atoms with Crippen molar-refractivity contribution in [2.24, 2.45) is 5.41 Å². The SMILES string of the molecule is COC1CC(NCc2cc(C)nc3ccccc23)C1(C)C. The van der Waals surface area contributed by atoms with Crippen molar-refractivity contribution in [1.82, 2.24) is 10.3 Å². The maximum Gasteiger partial charge on any atom is 0.0708 e. The van der Waals surface area contributed by atoms with Crippen molar-refractivity contribution in [2.75, 3.05) is 7.11 Å². The van der Waals surface area contributed by atoms with Gasteiger partial charge in [0.1, 0.15) is 0 Å². The van der Waals surface area contributed by atoms with Gasteiger partial charge in [-0.25, -0.2) is 0 Å². The number of para-hydroxylation sites is 1. The Balaban J connectivity index is 1.77. The number of pyridine rings is 1. The third-order valence-electron chi connectivity index (χ3n) is 4.93. The minimum Gasteiger partial charge on any atom is -0.381 e. The fraction of sp³-hybridized carbons (Fsp3) is 0.500. The van der Waals surface area contributed by atoms with Crippen LogP contribution in [0.5, 0.6) is 0 Å². The van der Waals surface area contributed by atoms with Crippen LogP contribution in [0.25, 0.3) is 10.9 Å². The van der Waals surface area contributed by atoms with Gasteiger partial charge in [0.2, 0.25) is 0 Å². The first-order chi connectivity index (χ1) is 10.0. The number of nitrogens with one attached hydrogen (secondary N) is 1. The first kappa shape index (κ1) is 14.5. The average Bonchev–Trinajstić information content (AvgIpc) is 2.46. The number of hydrogen-bond donors (Lipinski definition) is 1. The first-order valence-corrected chi connectivity index (χ1v) is 7.64. The third kappa shape index (κ3) is 2.56. The monoisotopic (exact) mass is 284 g/mol. The molecule has 1 saturated carbocycles. The minimum absolute atomic E-state index is 0.201. The van der Waals surface area contributed by atoms with Crippen molar-refractivity contribution in [3.63, 3.8) is 0 Å². The summed E-state index contributed by atoms with van der Waals surface area (Å²) >= 11 is 0. The van der Waals surface area contributed by atoms with E-state index in [0.717, 1.165) is 24.2 Å². The van der Waals surface area contributed by atoms with E-state index >= 15 is 0 Å². The molecule has 1 aromatic heterocycles. The summed E-state index contributed by atoms with van der Waals surface area (Å²) in [4.78, 5) is 4.60. The highest BCUT2D eigenvalue weighted by atomic mass is 16.5. The Morgan fingerprint density at radius 2 is 2.10 bits per heavy atom. The molecule has 1 aromatic carbocycles. The topological polar surface area (TPSA) is 34.1 Å². The molecule has 21 heavy (non-hydrogen) atoms. The van der Waals surface area contributed by atoms with Crippen LogP contribution in [0, 0.1) is 12.3 Å². The molecule has 2 unspecified atom stereocenters. The van der Waals surface area contributed by atoms with Gasteiger partial charge in [-0.1, -0.05) is 32.0 Å². The summed E-state index contributed by atoms with van der Waals surface area (Å²) in [6, 6.07) is 11.1. The zero-order valence-electron chi connectivity index (χ0n) is 13.3. The molecule has 3 rings (SSSR count). The molecule has 0 spiro atoms. The van der Waals surface area contributed by atoms with Crippen LogP contribution >= 0.6 is 0 Å². The van der Waals surface area contributed by atoms with Gasteiger partial charge >= 0.3 is 0 Å². The highest BCUT2D eigenvalue weighted by Gasteiger charge is 2.48. The fourth-order valence-corrected chi connectivity index (χ4v) is 3.41. The van der Waals surface area contributed by atoms with Crippen LogP contribution in [0.1, 0.15) is 31.5 Å². The second kappa shape index (κ2) is 5.39. The minimum atomic E-state index is 0.201.